The van der Waals surface area contributed by atoms with Crippen LogP contribution in [0, 0.1) is 13.8 Å². The van der Waals surface area contributed by atoms with Gasteiger partial charge in [-0.15, -0.1) is 15.3 Å². The van der Waals surface area contributed by atoms with E-state index in [0.717, 1.165) is 29.9 Å². The first-order valence-electron chi connectivity index (χ1n) is 8.24. The van der Waals surface area contributed by atoms with Crippen molar-refractivity contribution in [2.45, 2.75) is 32.6 Å². The van der Waals surface area contributed by atoms with Gasteiger partial charge in [0.1, 0.15) is 5.82 Å². The lowest BCUT2D eigenvalue weighted by Crippen LogP contribution is -2.17. The molecule has 128 valence electrons. The summed E-state index contributed by atoms with van der Waals surface area (Å²) in [5.74, 6) is 1.47. The van der Waals surface area contributed by atoms with Crippen molar-refractivity contribution in [1.29, 1.82) is 0 Å². The number of anilines is 1. The number of nitrogens with zero attached hydrogens (tertiary/aromatic N) is 6. The molecule has 0 atom stereocenters. The van der Waals surface area contributed by atoms with E-state index in [1.807, 2.05) is 49.7 Å². The summed E-state index contributed by atoms with van der Waals surface area (Å²) < 4.78 is 3.49. The zero-order chi connectivity index (χ0) is 17.6. The van der Waals surface area contributed by atoms with Gasteiger partial charge in [0.15, 0.2) is 5.69 Å². The van der Waals surface area contributed by atoms with Crippen molar-refractivity contribution in [3.8, 4) is 5.69 Å². The third-order valence-electron chi connectivity index (χ3n) is 4.43. The zero-order valence-corrected chi connectivity index (χ0v) is 14.4. The first kappa shape index (κ1) is 15.5. The van der Waals surface area contributed by atoms with E-state index in [1.54, 1.807) is 4.68 Å². The van der Waals surface area contributed by atoms with Gasteiger partial charge in [-0.1, -0.05) is 17.3 Å². The van der Waals surface area contributed by atoms with Gasteiger partial charge in [0.05, 0.1) is 11.4 Å². The number of hydrogen-bond donors (Lipinski definition) is 1. The van der Waals surface area contributed by atoms with Gasteiger partial charge in [-0.3, -0.25) is 14.7 Å². The largest absolute Gasteiger partial charge is 0.300 e. The average Bonchev–Trinajstić information content (AvgIpc) is 3.26. The number of carbonyl (C=O) groups excluding carboxylic acids is 1. The van der Waals surface area contributed by atoms with Crippen LogP contribution in [-0.4, -0.2) is 35.7 Å². The highest BCUT2D eigenvalue weighted by Gasteiger charge is 2.30. The highest BCUT2D eigenvalue weighted by Crippen LogP contribution is 2.39. The molecule has 1 saturated carbocycles. The van der Waals surface area contributed by atoms with Crippen molar-refractivity contribution in [2.24, 2.45) is 7.05 Å². The van der Waals surface area contributed by atoms with Crippen molar-refractivity contribution in [1.82, 2.24) is 29.8 Å². The summed E-state index contributed by atoms with van der Waals surface area (Å²) in [5, 5.41) is 19.2. The predicted molar refractivity (Wildman–Crippen MR) is 91.8 cm³/mol. The Morgan fingerprint density at radius 2 is 2.00 bits per heavy atom. The second kappa shape index (κ2) is 5.80. The van der Waals surface area contributed by atoms with Crippen LogP contribution in [0.2, 0.25) is 0 Å². The van der Waals surface area contributed by atoms with E-state index in [-0.39, 0.29) is 11.6 Å². The fraction of sp³-hybridized carbons (Fsp3) is 0.353. The SMILES string of the molecule is Cc1cccc(-n2nnc(C(=O)Nc3nnc(C4CC4)n3C)c2C)c1. The minimum absolute atomic E-state index is 0.275. The molecule has 1 aliphatic carbocycles. The first-order valence-corrected chi connectivity index (χ1v) is 8.24. The molecule has 1 amide bonds. The van der Waals surface area contributed by atoms with Gasteiger partial charge in [-0.2, -0.15) is 0 Å². The second-order valence-corrected chi connectivity index (χ2v) is 6.44. The summed E-state index contributed by atoms with van der Waals surface area (Å²) in [7, 11) is 1.86. The van der Waals surface area contributed by atoms with E-state index in [2.05, 4.69) is 25.8 Å². The Bertz CT molecular complexity index is 952. The van der Waals surface area contributed by atoms with Crippen molar-refractivity contribution >= 4 is 11.9 Å². The van der Waals surface area contributed by atoms with E-state index in [1.165, 1.54) is 0 Å². The van der Waals surface area contributed by atoms with E-state index in [4.69, 9.17) is 0 Å². The second-order valence-electron chi connectivity index (χ2n) is 6.44. The lowest BCUT2D eigenvalue weighted by atomic mass is 10.2. The van der Waals surface area contributed by atoms with Crippen LogP contribution >= 0.6 is 0 Å². The third-order valence-corrected chi connectivity index (χ3v) is 4.43. The van der Waals surface area contributed by atoms with Crippen LogP contribution in [0.15, 0.2) is 24.3 Å². The Morgan fingerprint density at radius 1 is 1.20 bits per heavy atom. The summed E-state index contributed by atoms with van der Waals surface area (Å²) in [6.07, 6.45) is 2.26. The highest BCUT2D eigenvalue weighted by molar-refractivity contribution is 6.02. The number of rotatable bonds is 4. The number of carbonyl (C=O) groups is 1. The summed E-state index contributed by atoms with van der Waals surface area (Å²) in [4.78, 5) is 12.6. The molecule has 1 aromatic carbocycles. The molecule has 0 spiro atoms. The minimum atomic E-state index is -0.339. The van der Waals surface area contributed by atoms with E-state index >= 15 is 0 Å². The standard InChI is InChI=1S/C17H19N7O/c1-10-5-4-6-13(9-10)24-11(2)14(19-22-24)16(25)18-17-21-20-15(23(17)3)12-7-8-12/h4-6,9,12H,7-8H2,1-3H3,(H,18,21,25). The van der Waals surface area contributed by atoms with Gasteiger partial charge in [0.2, 0.25) is 5.95 Å². The van der Waals surface area contributed by atoms with Crippen LogP contribution in [0.3, 0.4) is 0 Å². The molecule has 2 aromatic heterocycles. The molecule has 2 heterocycles. The van der Waals surface area contributed by atoms with Crippen molar-refractivity contribution < 1.29 is 4.79 Å². The maximum absolute atomic E-state index is 12.6. The summed E-state index contributed by atoms with van der Waals surface area (Å²) in [6, 6.07) is 7.88. The lowest BCUT2D eigenvalue weighted by Gasteiger charge is -2.06. The fourth-order valence-corrected chi connectivity index (χ4v) is 2.85. The van der Waals surface area contributed by atoms with Gasteiger partial charge in [0.25, 0.3) is 5.91 Å². The minimum Gasteiger partial charge on any atom is -0.300 e. The molecule has 8 heteroatoms. The Kier molecular flexibility index (Phi) is 3.60. The molecule has 0 aliphatic heterocycles. The van der Waals surface area contributed by atoms with Gasteiger partial charge in [0, 0.05) is 13.0 Å². The Balaban J connectivity index is 1.59. The summed E-state index contributed by atoms with van der Waals surface area (Å²) in [5.41, 5.74) is 2.94. The monoisotopic (exact) mass is 337 g/mol. The van der Waals surface area contributed by atoms with Gasteiger partial charge in [-0.25, -0.2) is 4.68 Å². The molecule has 1 fully saturated rings. The average molecular weight is 337 g/mol. The van der Waals surface area contributed by atoms with Crippen LogP contribution in [0.5, 0.6) is 0 Å². The topological polar surface area (TPSA) is 90.5 Å². The van der Waals surface area contributed by atoms with Crippen molar-refractivity contribution in [3.63, 3.8) is 0 Å². The Labute approximate surface area is 144 Å². The first-order chi connectivity index (χ1) is 12.0. The number of benzene rings is 1. The normalized spacial score (nSPS) is 13.9. The zero-order valence-electron chi connectivity index (χ0n) is 14.4. The molecular formula is C17H19N7O. The molecule has 0 bridgehead atoms. The molecule has 0 unspecified atom stereocenters. The summed E-state index contributed by atoms with van der Waals surface area (Å²) >= 11 is 0. The van der Waals surface area contributed by atoms with Crippen molar-refractivity contribution in [3.05, 3.63) is 47.0 Å². The number of nitrogens with one attached hydrogen (secondary N) is 1. The third kappa shape index (κ3) is 2.79. The predicted octanol–water partition coefficient (Wildman–Crippen LogP) is 2.14. The molecule has 1 aliphatic rings. The van der Waals surface area contributed by atoms with Crippen LogP contribution in [0.4, 0.5) is 5.95 Å². The molecule has 8 nitrogen and oxygen atoms in total. The van der Waals surface area contributed by atoms with Crippen LogP contribution in [-0.2, 0) is 7.05 Å². The molecule has 4 rings (SSSR count). The highest BCUT2D eigenvalue weighted by atomic mass is 16.2. The maximum Gasteiger partial charge on any atom is 0.280 e. The van der Waals surface area contributed by atoms with E-state index in [0.29, 0.717) is 17.6 Å². The quantitative estimate of drug-likeness (QED) is 0.788. The van der Waals surface area contributed by atoms with Gasteiger partial charge >= 0.3 is 0 Å². The van der Waals surface area contributed by atoms with Gasteiger partial charge < -0.3 is 0 Å². The smallest absolute Gasteiger partial charge is 0.280 e. The number of aromatic nitrogens is 6. The molecular weight excluding hydrogens is 318 g/mol. The van der Waals surface area contributed by atoms with E-state index < -0.39 is 0 Å². The van der Waals surface area contributed by atoms with E-state index in [9.17, 15) is 4.79 Å². The van der Waals surface area contributed by atoms with Gasteiger partial charge in [-0.05, 0) is 44.4 Å². The molecule has 0 saturated heterocycles. The van der Waals surface area contributed by atoms with Crippen molar-refractivity contribution in [2.75, 3.05) is 5.32 Å². The molecule has 25 heavy (non-hydrogen) atoms. The van der Waals surface area contributed by atoms with Crippen LogP contribution < -0.4 is 5.32 Å². The Morgan fingerprint density at radius 3 is 2.72 bits per heavy atom. The number of aryl methyl sites for hydroxylation is 1. The van der Waals surface area contributed by atoms with Crippen LogP contribution in [0.1, 0.15) is 46.3 Å². The molecule has 3 aromatic rings. The lowest BCUT2D eigenvalue weighted by molar-refractivity contribution is 0.102. The fourth-order valence-electron chi connectivity index (χ4n) is 2.85. The Hall–Kier alpha value is -3.03. The number of amides is 1. The number of hydrogen-bond acceptors (Lipinski definition) is 5. The molecule has 0 radical (unpaired) electrons. The maximum atomic E-state index is 12.6. The summed E-state index contributed by atoms with van der Waals surface area (Å²) in [6.45, 7) is 3.83. The van der Waals surface area contributed by atoms with Crippen LogP contribution in [0.25, 0.3) is 5.69 Å². The molecule has 1 N–H and O–H groups in total.